The van der Waals surface area contributed by atoms with Crippen LogP contribution in [0.3, 0.4) is 0 Å². The van der Waals surface area contributed by atoms with Gasteiger partial charge in [0.1, 0.15) is 4.32 Å². The third-order valence-corrected chi connectivity index (χ3v) is 5.70. The van der Waals surface area contributed by atoms with Crippen LogP contribution in [0.25, 0.3) is 6.08 Å². The summed E-state index contributed by atoms with van der Waals surface area (Å²) in [6.45, 7) is 2.62. The quantitative estimate of drug-likeness (QED) is 0.578. The van der Waals surface area contributed by atoms with E-state index >= 15 is 0 Å². The maximum absolute atomic E-state index is 12.6. The van der Waals surface area contributed by atoms with Crippen LogP contribution >= 0.6 is 35.6 Å². The van der Waals surface area contributed by atoms with E-state index in [2.05, 4.69) is 0 Å². The van der Waals surface area contributed by atoms with Gasteiger partial charge in [0.25, 0.3) is 5.91 Å². The standard InChI is InChI=1S/C17H17ClN2O3S2/c18-13-4-2-1-3-12(13)11-14-16(22)20(17(24)25-14)6-5-15(21)19-7-9-23-10-8-19/h1-4,11H,5-10H2/b14-11+. The van der Waals surface area contributed by atoms with Gasteiger partial charge in [-0.15, -0.1) is 0 Å². The molecule has 0 aliphatic carbocycles. The average Bonchev–Trinajstić information content (AvgIpc) is 2.89. The Labute approximate surface area is 160 Å². The SMILES string of the molecule is O=C(CCN1C(=O)/C(=C\c2ccccc2Cl)SC1=S)N1CCOCC1. The molecule has 0 bridgehead atoms. The Kier molecular flexibility index (Phi) is 6.11. The third-order valence-electron chi connectivity index (χ3n) is 3.98. The van der Waals surface area contributed by atoms with Gasteiger partial charge in [-0.25, -0.2) is 0 Å². The number of ether oxygens (including phenoxy) is 1. The van der Waals surface area contributed by atoms with Crippen LogP contribution in [0, 0.1) is 0 Å². The minimum Gasteiger partial charge on any atom is -0.378 e. The van der Waals surface area contributed by atoms with E-state index in [0.717, 1.165) is 5.56 Å². The molecule has 2 aliphatic heterocycles. The van der Waals surface area contributed by atoms with Gasteiger partial charge in [-0.05, 0) is 17.7 Å². The highest BCUT2D eigenvalue weighted by Gasteiger charge is 2.32. The van der Waals surface area contributed by atoms with E-state index in [1.165, 1.54) is 16.7 Å². The van der Waals surface area contributed by atoms with E-state index in [0.29, 0.717) is 47.1 Å². The summed E-state index contributed by atoms with van der Waals surface area (Å²) in [7, 11) is 0. The Bertz CT molecular complexity index is 732. The highest BCUT2D eigenvalue weighted by molar-refractivity contribution is 8.26. The summed E-state index contributed by atoms with van der Waals surface area (Å²) in [5.74, 6) is -0.155. The van der Waals surface area contributed by atoms with Crippen LogP contribution in [-0.4, -0.2) is 58.8 Å². The van der Waals surface area contributed by atoms with Crippen LogP contribution in [0.15, 0.2) is 29.2 Å². The van der Waals surface area contributed by atoms with E-state index in [1.807, 2.05) is 18.2 Å². The molecule has 1 aromatic carbocycles. The minimum atomic E-state index is -0.176. The molecule has 0 unspecified atom stereocenters. The molecule has 3 rings (SSSR count). The fourth-order valence-electron chi connectivity index (χ4n) is 2.60. The van der Waals surface area contributed by atoms with Crippen LogP contribution < -0.4 is 0 Å². The lowest BCUT2D eigenvalue weighted by molar-refractivity contribution is -0.135. The third kappa shape index (κ3) is 4.41. The van der Waals surface area contributed by atoms with Crippen LogP contribution in [0.1, 0.15) is 12.0 Å². The van der Waals surface area contributed by atoms with Crippen molar-refractivity contribution in [2.24, 2.45) is 0 Å². The Morgan fingerprint density at radius 2 is 2.04 bits per heavy atom. The highest BCUT2D eigenvalue weighted by atomic mass is 35.5. The largest absolute Gasteiger partial charge is 0.378 e. The number of carbonyl (C=O) groups excluding carboxylic acids is 2. The number of amides is 2. The first-order valence-electron chi connectivity index (χ1n) is 7.91. The van der Waals surface area contributed by atoms with Crippen molar-refractivity contribution < 1.29 is 14.3 Å². The Morgan fingerprint density at radius 1 is 1.32 bits per heavy atom. The predicted octanol–water partition coefficient (Wildman–Crippen LogP) is 2.79. The van der Waals surface area contributed by atoms with Gasteiger partial charge in [0, 0.05) is 31.1 Å². The summed E-state index contributed by atoms with van der Waals surface area (Å²) in [4.78, 5) is 28.6. The summed E-state index contributed by atoms with van der Waals surface area (Å²) in [6, 6.07) is 7.31. The van der Waals surface area contributed by atoms with E-state index < -0.39 is 0 Å². The molecule has 8 heteroatoms. The minimum absolute atomic E-state index is 0.0208. The zero-order chi connectivity index (χ0) is 17.8. The number of hydrogen-bond donors (Lipinski definition) is 0. The van der Waals surface area contributed by atoms with Crippen molar-refractivity contribution in [2.75, 3.05) is 32.8 Å². The highest BCUT2D eigenvalue weighted by Crippen LogP contribution is 2.33. The normalized spacial score (nSPS) is 19.8. The summed E-state index contributed by atoms with van der Waals surface area (Å²) in [6.07, 6.45) is 2.00. The number of halogens is 1. The van der Waals surface area contributed by atoms with Crippen molar-refractivity contribution in [3.8, 4) is 0 Å². The zero-order valence-electron chi connectivity index (χ0n) is 13.4. The van der Waals surface area contributed by atoms with Crippen LogP contribution in [0.4, 0.5) is 0 Å². The van der Waals surface area contributed by atoms with Gasteiger partial charge in [0.05, 0.1) is 18.1 Å². The van der Waals surface area contributed by atoms with Gasteiger partial charge in [0.2, 0.25) is 5.91 Å². The molecule has 0 spiro atoms. The lowest BCUT2D eigenvalue weighted by Crippen LogP contribution is -2.42. The molecule has 0 N–H and O–H groups in total. The van der Waals surface area contributed by atoms with Crippen molar-refractivity contribution in [1.82, 2.24) is 9.80 Å². The molecular weight excluding hydrogens is 380 g/mol. The smallest absolute Gasteiger partial charge is 0.266 e. The van der Waals surface area contributed by atoms with Gasteiger partial charge in [-0.2, -0.15) is 0 Å². The molecule has 25 heavy (non-hydrogen) atoms. The van der Waals surface area contributed by atoms with Crippen molar-refractivity contribution in [3.05, 3.63) is 39.8 Å². The summed E-state index contributed by atoms with van der Waals surface area (Å²) in [5.41, 5.74) is 0.772. The van der Waals surface area contributed by atoms with Crippen molar-refractivity contribution in [2.45, 2.75) is 6.42 Å². The number of rotatable bonds is 4. The number of carbonyl (C=O) groups is 2. The second-order valence-electron chi connectivity index (χ2n) is 5.60. The maximum Gasteiger partial charge on any atom is 0.266 e. The van der Waals surface area contributed by atoms with Crippen molar-refractivity contribution >= 4 is 57.8 Å². The predicted molar refractivity (Wildman–Crippen MR) is 103 cm³/mol. The molecule has 2 heterocycles. The van der Waals surface area contributed by atoms with Crippen LogP contribution in [0.2, 0.25) is 5.02 Å². The zero-order valence-corrected chi connectivity index (χ0v) is 15.8. The molecule has 0 radical (unpaired) electrons. The molecule has 2 saturated heterocycles. The summed E-state index contributed by atoms with van der Waals surface area (Å²) >= 11 is 12.7. The van der Waals surface area contributed by atoms with Crippen LogP contribution in [-0.2, 0) is 14.3 Å². The van der Waals surface area contributed by atoms with Gasteiger partial charge in [-0.3, -0.25) is 14.5 Å². The van der Waals surface area contributed by atoms with E-state index in [1.54, 1.807) is 17.0 Å². The maximum atomic E-state index is 12.6. The van der Waals surface area contributed by atoms with Gasteiger partial charge < -0.3 is 9.64 Å². The number of thioether (sulfide) groups is 1. The molecule has 0 atom stereocenters. The topological polar surface area (TPSA) is 49.9 Å². The molecule has 5 nitrogen and oxygen atoms in total. The first-order valence-corrected chi connectivity index (χ1v) is 9.52. The molecule has 0 aromatic heterocycles. The molecule has 2 aliphatic rings. The Morgan fingerprint density at radius 3 is 2.76 bits per heavy atom. The molecule has 0 saturated carbocycles. The number of thiocarbonyl (C=S) groups is 1. The van der Waals surface area contributed by atoms with Gasteiger partial charge in [-0.1, -0.05) is 53.8 Å². The van der Waals surface area contributed by atoms with E-state index in [9.17, 15) is 9.59 Å². The monoisotopic (exact) mass is 396 g/mol. The average molecular weight is 397 g/mol. The van der Waals surface area contributed by atoms with Gasteiger partial charge in [0.15, 0.2) is 0 Å². The lowest BCUT2D eigenvalue weighted by atomic mass is 10.2. The fraction of sp³-hybridized carbons (Fsp3) is 0.353. The Balaban J connectivity index is 1.63. The molecular formula is C17H17ClN2O3S2. The first kappa shape index (κ1) is 18.4. The summed E-state index contributed by atoms with van der Waals surface area (Å²) in [5, 5.41) is 0.579. The molecule has 132 valence electrons. The molecule has 1 aromatic rings. The number of nitrogens with zero attached hydrogens (tertiary/aromatic N) is 2. The number of benzene rings is 1. The summed E-state index contributed by atoms with van der Waals surface area (Å²) < 4.78 is 5.71. The molecule has 2 fully saturated rings. The van der Waals surface area contributed by atoms with Crippen molar-refractivity contribution in [1.29, 1.82) is 0 Å². The Hall–Kier alpha value is -1.41. The molecule has 2 amide bonds. The lowest BCUT2D eigenvalue weighted by Gasteiger charge is -2.27. The first-order chi connectivity index (χ1) is 12.1. The second kappa shape index (κ2) is 8.31. The van der Waals surface area contributed by atoms with Crippen molar-refractivity contribution in [3.63, 3.8) is 0 Å². The van der Waals surface area contributed by atoms with E-state index in [-0.39, 0.29) is 18.2 Å². The second-order valence-corrected chi connectivity index (χ2v) is 7.68. The number of morpholine rings is 1. The van der Waals surface area contributed by atoms with E-state index in [4.69, 9.17) is 28.6 Å². The van der Waals surface area contributed by atoms with Crippen LogP contribution in [0.5, 0.6) is 0 Å². The fourth-order valence-corrected chi connectivity index (χ4v) is 4.09. The van der Waals surface area contributed by atoms with Gasteiger partial charge >= 0.3 is 0 Å². The number of hydrogen-bond acceptors (Lipinski definition) is 5.